The van der Waals surface area contributed by atoms with Crippen LogP contribution in [0.25, 0.3) is 32.3 Å². The van der Waals surface area contributed by atoms with Crippen LogP contribution < -0.4 is 0 Å². The van der Waals surface area contributed by atoms with Crippen molar-refractivity contribution < 1.29 is 49.1 Å². The maximum absolute atomic E-state index is 12.2. The van der Waals surface area contributed by atoms with Gasteiger partial charge in [0.1, 0.15) is 11.4 Å². The Morgan fingerprint density at radius 2 is 0.823 bits per heavy atom. The second kappa shape index (κ2) is 20.3. The summed E-state index contributed by atoms with van der Waals surface area (Å²) in [7, 11) is -13.9. The molecule has 0 aliphatic carbocycles. The van der Waals surface area contributed by atoms with E-state index in [1.165, 1.54) is 73.7 Å². The molecule has 0 fully saturated rings. The largest absolute Gasteiger partial charge is 0.506 e. The van der Waals surface area contributed by atoms with Crippen molar-refractivity contribution in [3.8, 4) is 5.75 Å². The number of hydrogen-bond acceptors (Lipinski definition) is 14. The fourth-order valence-corrected chi connectivity index (χ4v) is 7.44. The molecule has 0 saturated carbocycles. The summed E-state index contributed by atoms with van der Waals surface area (Å²) in [6.07, 6.45) is 0. The zero-order chi connectivity index (χ0) is 42.3. The Morgan fingerprint density at radius 3 is 1.27 bits per heavy atom. The second-order valence-electron chi connectivity index (χ2n) is 12.6. The van der Waals surface area contributed by atoms with E-state index in [4.69, 9.17) is 0 Å². The number of phenols is 1. The molecule has 0 amide bonds. The van der Waals surface area contributed by atoms with Gasteiger partial charge < -0.3 is 10.2 Å². The number of nitrogens with zero attached hydrogens (tertiary/aromatic N) is 7. The van der Waals surface area contributed by atoms with E-state index in [2.05, 4.69) is 35.7 Å². The van der Waals surface area contributed by atoms with Gasteiger partial charge in [-0.2, -0.15) is 30.4 Å². The Kier molecular flexibility index (Phi) is 16.6. The Hall–Kier alpha value is -3.88. The van der Waals surface area contributed by atoms with Crippen molar-refractivity contribution in [2.75, 3.05) is 0 Å². The van der Waals surface area contributed by atoms with Crippen LogP contribution in [-0.4, -0.2) is 144 Å². The number of phenolic OH excluding ortho intramolecular Hbond substituents is 1. The molecule has 0 bridgehead atoms. The van der Waals surface area contributed by atoms with Gasteiger partial charge >= 0.3 is 0 Å². The van der Waals surface area contributed by atoms with Crippen LogP contribution >= 0.6 is 0 Å². The van der Waals surface area contributed by atoms with Crippen molar-refractivity contribution in [2.45, 2.75) is 21.6 Å². The molecule has 0 saturated heterocycles. The molecule has 24 heteroatoms. The first-order chi connectivity index (χ1) is 27.8. The van der Waals surface area contributed by atoms with E-state index < -0.39 is 40.1 Å². The molecule has 0 aliphatic heterocycles. The molecule has 5 N–H and O–H groups in total. The summed E-state index contributed by atoms with van der Waals surface area (Å²) in [6, 6.07) is 26.1. The van der Waals surface area contributed by atoms with Gasteiger partial charge in [-0.1, -0.05) is 24.3 Å². The van der Waals surface area contributed by atoms with Crippen LogP contribution in [0.3, 0.4) is 0 Å². The number of benzene rings is 7. The van der Waals surface area contributed by atoms with E-state index in [-0.39, 0.29) is 144 Å². The predicted molar refractivity (Wildman–Crippen MR) is 235 cm³/mol. The molecule has 7 rings (SSSR count). The first kappa shape index (κ1) is 50.8. The van der Waals surface area contributed by atoms with Crippen molar-refractivity contribution in [1.29, 1.82) is 0 Å². The second-order valence-corrected chi connectivity index (χ2v) is 16.9. The number of azo groups is 3. The minimum absolute atomic E-state index is 0. The molecular formula is C38H27N7Na3O11S3. The molecule has 18 nitrogen and oxygen atoms in total. The zero-order valence-corrected chi connectivity index (χ0v) is 41.5. The van der Waals surface area contributed by atoms with E-state index in [9.17, 15) is 49.1 Å². The summed E-state index contributed by atoms with van der Waals surface area (Å²) in [5, 5.41) is 47.3. The first-order valence-electron chi connectivity index (χ1n) is 16.8. The minimum atomic E-state index is -4.71. The molecule has 0 unspecified atom stereocenters. The minimum Gasteiger partial charge on any atom is -0.506 e. The van der Waals surface area contributed by atoms with E-state index >= 15 is 0 Å². The number of aliphatic imine (C=N–C) groups is 1. The van der Waals surface area contributed by atoms with Crippen LogP contribution in [0.15, 0.2) is 166 Å². The summed E-state index contributed by atoms with van der Waals surface area (Å²) in [5.41, 5.74) is 1.51. The van der Waals surface area contributed by atoms with Crippen LogP contribution in [0.5, 0.6) is 5.75 Å². The van der Waals surface area contributed by atoms with Gasteiger partial charge in [0.15, 0.2) is 5.90 Å². The third kappa shape index (κ3) is 11.6. The first-order valence-corrected chi connectivity index (χ1v) is 21.1. The van der Waals surface area contributed by atoms with E-state index in [1.807, 2.05) is 0 Å². The van der Waals surface area contributed by atoms with Gasteiger partial charge in [0.05, 0.1) is 48.8 Å². The quantitative estimate of drug-likeness (QED) is 0.0283. The predicted octanol–water partition coefficient (Wildman–Crippen LogP) is 9.30. The van der Waals surface area contributed by atoms with Gasteiger partial charge in [-0.3, -0.25) is 13.7 Å². The Balaban J connectivity index is 0.00000282. The third-order valence-corrected chi connectivity index (χ3v) is 11.2. The molecule has 0 spiro atoms. The molecule has 301 valence electrons. The van der Waals surface area contributed by atoms with Gasteiger partial charge in [-0.15, -0.1) is 25.6 Å². The van der Waals surface area contributed by atoms with Gasteiger partial charge in [-0.05, 0) is 96.4 Å². The average molecular weight is 923 g/mol. The van der Waals surface area contributed by atoms with Gasteiger partial charge in [0, 0.05) is 123 Å². The Labute approximate surface area is 419 Å². The molecular weight excluding hydrogens is 896 g/mol. The van der Waals surface area contributed by atoms with Crippen molar-refractivity contribution in [1.82, 2.24) is 0 Å². The van der Waals surface area contributed by atoms with Crippen LogP contribution in [0.4, 0.5) is 39.8 Å². The van der Waals surface area contributed by atoms with Crippen LogP contribution in [0, 0.1) is 0 Å². The third-order valence-electron chi connectivity index (χ3n) is 8.66. The van der Waals surface area contributed by atoms with Crippen LogP contribution in [-0.2, 0) is 30.4 Å². The molecule has 0 heterocycles. The molecule has 3 radical (unpaired) electrons. The fraction of sp³-hybridized carbons (Fsp3) is 0.0263. The standard InChI is InChI=1S/C38H27N7O11S3.3Na/c1-21(46)39-23-3-5-24(6-4-23)40-41-33-13-15-35(31-19-26(58(51,52)53)8-11-29(31)33)42-43-36-16-14-34(30-12-9-27(20-32(30)36)59(54,55)56)44-45-38-28-10-7-25(57(48,49)50)18-22(28)2-17-37(38)47;;;/h2-20,47H,1H3,(H,39,46)(H,48,49,50)(H,51,52,53)(H,54,55,56);;;. The van der Waals surface area contributed by atoms with Crippen molar-refractivity contribution in [3.63, 3.8) is 0 Å². The monoisotopic (exact) mass is 922 g/mol. The molecule has 7 aromatic rings. The van der Waals surface area contributed by atoms with Crippen LogP contribution in [0.1, 0.15) is 6.92 Å². The van der Waals surface area contributed by atoms with Gasteiger partial charge in [-0.25, -0.2) is 4.99 Å². The molecule has 0 aromatic heterocycles. The number of hydrogen-bond donors (Lipinski definition) is 5. The number of aliphatic hydroxyl groups excluding tert-OH is 1. The summed E-state index contributed by atoms with van der Waals surface area (Å²) < 4.78 is 101. The fourth-order valence-electron chi connectivity index (χ4n) is 5.91. The van der Waals surface area contributed by atoms with Crippen molar-refractivity contribution in [3.05, 3.63) is 115 Å². The molecule has 0 atom stereocenters. The molecule has 0 aliphatic rings. The van der Waals surface area contributed by atoms with Crippen LogP contribution in [0.2, 0.25) is 0 Å². The SMILES string of the molecule is CC(O)=Nc1ccc(N=Nc2ccc(N=Nc3ccc(N=Nc4c(O)ccc5cc(S(=O)(=O)O)ccc45)c4ccc(S(=O)(=O)O)cc34)c3cc(S(=O)(=O)O)ccc23)cc1.[Na].[Na].[Na]. The molecule has 62 heavy (non-hydrogen) atoms. The summed E-state index contributed by atoms with van der Waals surface area (Å²) in [5.74, 6) is -0.426. The summed E-state index contributed by atoms with van der Waals surface area (Å²) in [4.78, 5) is 2.64. The smallest absolute Gasteiger partial charge is 0.294 e. The topological polar surface area (TPSA) is 290 Å². The van der Waals surface area contributed by atoms with Crippen molar-refractivity contribution in [2.24, 2.45) is 35.7 Å². The Bertz CT molecular complexity index is 3350. The number of aliphatic hydroxyl groups is 1. The zero-order valence-electron chi connectivity index (χ0n) is 33.0. The van der Waals surface area contributed by atoms with E-state index in [1.54, 1.807) is 30.3 Å². The van der Waals surface area contributed by atoms with E-state index in [0.717, 1.165) is 18.2 Å². The maximum Gasteiger partial charge on any atom is 0.294 e. The van der Waals surface area contributed by atoms with Gasteiger partial charge in [0.2, 0.25) is 0 Å². The summed E-state index contributed by atoms with van der Waals surface area (Å²) in [6.45, 7) is 1.43. The Morgan fingerprint density at radius 1 is 0.435 bits per heavy atom. The number of aromatic hydroxyl groups is 1. The summed E-state index contributed by atoms with van der Waals surface area (Å²) >= 11 is 0. The molecule has 7 aromatic carbocycles. The van der Waals surface area contributed by atoms with Gasteiger partial charge in [0.25, 0.3) is 30.4 Å². The number of rotatable bonds is 10. The van der Waals surface area contributed by atoms with Crippen molar-refractivity contribution >= 4 is 197 Å². The number of fused-ring (bicyclic) bond motifs is 3. The maximum atomic E-state index is 12.2. The average Bonchev–Trinajstić information content (AvgIpc) is 3.18. The van der Waals surface area contributed by atoms with E-state index in [0.29, 0.717) is 33.2 Å². The normalized spacial score (nSPS) is 12.5.